The number of rotatable bonds is 1. The van der Waals surface area contributed by atoms with E-state index in [2.05, 4.69) is 18.8 Å². The first-order valence-electron chi connectivity index (χ1n) is 8.51. The normalized spacial score (nSPS) is 22.9. The predicted octanol–water partition coefficient (Wildman–Crippen LogP) is 4.62. The van der Waals surface area contributed by atoms with Crippen LogP contribution in [0.1, 0.15) is 48.6 Å². The molecule has 26 heavy (non-hydrogen) atoms. The number of halogens is 3. The number of aromatic amines is 1. The van der Waals surface area contributed by atoms with Crippen molar-refractivity contribution in [1.29, 1.82) is 5.26 Å². The van der Waals surface area contributed by atoms with E-state index in [0.717, 1.165) is 36.2 Å². The number of pyridine rings is 1. The van der Waals surface area contributed by atoms with Crippen molar-refractivity contribution in [3.05, 3.63) is 57.0 Å². The van der Waals surface area contributed by atoms with Gasteiger partial charge in [-0.25, -0.2) is 0 Å². The van der Waals surface area contributed by atoms with Crippen LogP contribution in [0.4, 0.5) is 13.2 Å². The van der Waals surface area contributed by atoms with Gasteiger partial charge < -0.3 is 4.98 Å². The third kappa shape index (κ3) is 2.23. The molecule has 0 saturated heterocycles. The summed E-state index contributed by atoms with van der Waals surface area (Å²) in [6, 6.07) is 6.64. The third-order valence-electron chi connectivity index (χ3n) is 6.23. The van der Waals surface area contributed by atoms with E-state index in [1.807, 2.05) is 6.07 Å². The molecule has 5 rings (SSSR count). The molecule has 0 radical (unpaired) electrons. The number of nitrogens with zero attached hydrogens (tertiary/aromatic N) is 1. The lowest BCUT2D eigenvalue weighted by Gasteiger charge is -2.57. The van der Waals surface area contributed by atoms with Crippen LogP contribution in [-0.4, -0.2) is 4.98 Å². The summed E-state index contributed by atoms with van der Waals surface area (Å²) >= 11 is 0. The number of nitrogens with one attached hydrogen (secondary N) is 1. The van der Waals surface area contributed by atoms with Crippen LogP contribution < -0.4 is 5.56 Å². The van der Waals surface area contributed by atoms with Crippen LogP contribution in [0.25, 0.3) is 11.1 Å². The first-order chi connectivity index (χ1) is 12.1. The lowest BCUT2D eigenvalue weighted by atomic mass is 9.48. The molecule has 3 aliphatic rings. The zero-order chi connectivity index (χ0) is 18.9. The molecule has 1 aromatic carbocycles. The maximum absolute atomic E-state index is 12.8. The Kier molecular flexibility index (Phi) is 3.40. The summed E-state index contributed by atoms with van der Waals surface area (Å²) in [7, 11) is 0. The minimum Gasteiger partial charge on any atom is -0.324 e. The maximum atomic E-state index is 12.8. The van der Waals surface area contributed by atoms with Crippen molar-refractivity contribution < 1.29 is 13.2 Å². The van der Waals surface area contributed by atoms with E-state index in [4.69, 9.17) is 0 Å². The molecule has 3 nitrogen and oxygen atoms in total. The zero-order valence-corrected chi connectivity index (χ0v) is 14.4. The fourth-order valence-electron chi connectivity index (χ4n) is 4.52. The van der Waals surface area contributed by atoms with Gasteiger partial charge in [0.2, 0.25) is 0 Å². The van der Waals surface area contributed by atoms with Crippen LogP contribution >= 0.6 is 0 Å². The van der Waals surface area contributed by atoms with E-state index in [1.54, 1.807) is 0 Å². The summed E-state index contributed by atoms with van der Waals surface area (Å²) in [6.07, 6.45) is -2.70. The molecule has 1 fully saturated rings. The average Bonchev–Trinajstić information content (AvgIpc) is 2.59. The molecule has 3 aliphatic carbocycles. The first kappa shape index (κ1) is 16.9. The molecule has 0 spiro atoms. The van der Waals surface area contributed by atoms with E-state index < -0.39 is 17.3 Å². The second-order valence-electron chi connectivity index (χ2n) is 7.79. The molecule has 2 aromatic rings. The molecule has 1 heterocycles. The Morgan fingerprint density at radius 1 is 1.23 bits per heavy atom. The summed E-state index contributed by atoms with van der Waals surface area (Å²) in [5.74, 6) is 0.663. The van der Waals surface area contributed by atoms with Gasteiger partial charge in [0.15, 0.2) is 0 Å². The second kappa shape index (κ2) is 5.23. The van der Waals surface area contributed by atoms with Crippen molar-refractivity contribution >= 4 is 0 Å². The van der Waals surface area contributed by atoms with Gasteiger partial charge in [-0.2, -0.15) is 18.4 Å². The SMILES string of the molecule is CC1(C)[C@H]2Cc3c([nH]c(=O)c(C#N)c3-c3ccc(C(F)(F)F)cc3)[C@@H]1C2. The molecule has 2 bridgehead atoms. The smallest absolute Gasteiger partial charge is 0.324 e. The molecule has 134 valence electrons. The lowest BCUT2D eigenvalue weighted by Crippen LogP contribution is -2.49. The minimum absolute atomic E-state index is 0.0254. The minimum atomic E-state index is -4.42. The van der Waals surface area contributed by atoms with Gasteiger partial charge in [-0.05, 0) is 47.4 Å². The molecule has 2 atom stereocenters. The van der Waals surface area contributed by atoms with E-state index >= 15 is 0 Å². The van der Waals surface area contributed by atoms with E-state index in [1.165, 1.54) is 12.1 Å². The first-order valence-corrected chi connectivity index (χ1v) is 8.51. The van der Waals surface area contributed by atoms with E-state index in [9.17, 15) is 23.2 Å². The van der Waals surface area contributed by atoms with Gasteiger partial charge in [0.25, 0.3) is 5.56 Å². The highest BCUT2D eigenvalue weighted by molar-refractivity contribution is 5.75. The van der Waals surface area contributed by atoms with Crippen LogP contribution in [0.3, 0.4) is 0 Å². The van der Waals surface area contributed by atoms with Gasteiger partial charge in [-0.3, -0.25) is 4.79 Å². The molecule has 0 unspecified atom stereocenters. The monoisotopic (exact) mass is 358 g/mol. The molecule has 0 amide bonds. The fraction of sp³-hybridized carbons (Fsp3) is 0.400. The standard InChI is InChI=1S/C20H17F3N2O/c1-19(2)12-7-13-16(10-3-5-11(6-4-10)20(21,22)23)14(9-24)18(26)25-17(13)15(19)8-12/h3-6,12,15H,7-8H2,1-2H3,(H,25,26)/t12-,15-/m0/s1. The number of alkyl halides is 3. The lowest BCUT2D eigenvalue weighted by molar-refractivity contribution is -0.137. The number of nitriles is 1. The molecule has 1 saturated carbocycles. The van der Waals surface area contributed by atoms with Gasteiger partial charge in [-0.15, -0.1) is 0 Å². The maximum Gasteiger partial charge on any atom is 0.416 e. The van der Waals surface area contributed by atoms with Crippen molar-refractivity contribution in [2.75, 3.05) is 0 Å². The number of benzene rings is 1. The van der Waals surface area contributed by atoms with Crippen molar-refractivity contribution in [3.63, 3.8) is 0 Å². The van der Waals surface area contributed by atoms with Gasteiger partial charge >= 0.3 is 6.18 Å². The Morgan fingerprint density at radius 3 is 2.42 bits per heavy atom. The average molecular weight is 358 g/mol. The summed E-state index contributed by atoms with van der Waals surface area (Å²) in [6.45, 7) is 4.34. The van der Waals surface area contributed by atoms with Crippen LogP contribution in [0.2, 0.25) is 0 Å². The molecule has 1 N–H and O–H groups in total. The largest absolute Gasteiger partial charge is 0.416 e. The number of hydrogen-bond donors (Lipinski definition) is 1. The molecule has 1 aromatic heterocycles. The molecular weight excluding hydrogens is 341 g/mol. The Balaban J connectivity index is 1.92. The fourth-order valence-corrected chi connectivity index (χ4v) is 4.52. The van der Waals surface area contributed by atoms with Crippen molar-refractivity contribution in [3.8, 4) is 17.2 Å². The predicted molar refractivity (Wildman–Crippen MR) is 90.5 cm³/mol. The topological polar surface area (TPSA) is 56.6 Å². The van der Waals surface area contributed by atoms with Crippen LogP contribution in [0, 0.1) is 22.7 Å². The van der Waals surface area contributed by atoms with Gasteiger partial charge in [0.1, 0.15) is 11.6 Å². The Labute approximate surface area is 148 Å². The van der Waals surface area contributed by atoms with Crippen LogP contribution in [0.15, 0.2) is 29.1 Å². The Morgan fingerprint density at radius 2 is 1.88 bits per heavy atom. The number of hydrogen-bond acceptors (Lipinski definition) is 2. The van der Waals surface area contributed by atoms with E-state index in [0.29, 0.717) is 17.0 Å². The number of H-pyrrole nitrogens is 1. The highest BCUT2D eigenvalue weighted by Gasteiger charge is 2.53. The Hall–Kier alpha value is -2.55. The molecular formula is C20H17F3N2O. The summed E-state index contributed by atoms with van der Waals surface area (Å²) in [5.41, 5.74) is 1.56. The van der Waals surface area contributed by atoms with Crippen LogP contribution in [-0.2, 0) is 12.6 Å². The highest BCUT2D eigenvalue weighted by atomic mass is 19.4. The second-order valence-corrected chi connectivity index (χ2v) is 7.79. The van der Waals surface area contributed by atoms with Gasteiger partial charge in [0.05, 0.1) is 5.56 Å². The van der Waals surface area contributed by atoms with Crippen molar-refractivity contribution in [2.45, 2.75) is 38.8 Å². The Bertz CT molecular complexity index is 994. The van der Waals surface area contributed by atoms with Gasteiger partial charge in [0, 0.05) is 17.2 Å². The summed E-state index contributed by atoms with van der Waals surface area (Å²) in [5, 5.41) is 9.48. The molecule has 6 heteroatoms. The zero-order valence-electron chi connectivity index (χ0n) is 14.4. The van der Waals surface area contributed by atoms with Crippen molar-refractivity contribution in [2.24, 2.45) is 11.3 Å². The third-order valence-corrected chi connectivity index (χ3v) is 6.23. The van der Waals surface area contributed by atoms with Gasteiger partial charge in [-0.1, -0.05) is 26.0 Å². The van der Waals surface area contributed by atoms with Crippen LogP contribution in [0.5, 0.6) is 0 Å². The summed E-state index contributed by atoms with van der Waals surface area (Å²) < 4.78 is 38.5. The van der Waals surface area contributed by atoms with Crippen molar-refractivity contribution in [1.82, 2.24) is 4.98 Å². The highest BCUT2D eigenvalue weighted by Crippen LogP contribution is 2.62. The van der Waals surface area contributed by atoms with E-state index in [-0.39, 0.29) is 16.9 Å². The molecule has 0 aliphatic heterocycles. The summed E-state index contributed by atoms with van der Waals surface area (Å²) in [4.78, 5) is 15.3. The number of aromatic nitrogens is 1. The quantitative estimate of drug-likeness (QED) is 0.809.